The SMILES string of the molecule is COc1ccccc1N/C=C\C(=O)C(=N)C(=O)/C=C/N. The number of methoxy groups -OCH3 is 1. The molecule has 0 unspecified atom stereocenters. The number of rotatable bonds is 7. The van der Waals surface area contributed by atoms with Crippen molar-refractivity contribution in [1.29, 1.82) is 5.41 Å². The van der Waals surface area contributed by atoms with E-state index in [4.69, 9.17) is 15.9 Å². The number of carbonyl (C=O) groups is 2. The summed E-state index contributed by atoms with van der Waals surface area (Å²) in [5.41, 5.74) is 5.04. The van der Waals surface area contributed by atoms with Gasteiger partial charge in [0.2, 0.25) is 11.6 Å². The molecular formula is C14H15N3O3. The van der Waals surface area contributed by atoms with Crippen molar-refractivity contribution in [3.05, 3.63) is 48.8 Å². The number of carbonyl (C=O) groups excluding carboxylic acids is 2. The number of allylic oxidation sites excluding steroid dienone is 2. The molecule has 1 aromatic rings. The van der Waals surface area contributed by atoms with Crippen LogP contribution in [0, 0.1) is 5.41 Å². The molecule has 0 aliphatic heterocycles. The van der Waals surface area contributed by atoms with Crippen LogP contribution in [0.25, 0.3) is 0 Å². The molecule has 1 aromatic carbocycles. The van der Waals surface area contributed by atoms with Crippen LogP contribution in [0.5, 0.6) is 5.75 Å². The summed E-state index contributed by atoms with van der Waals surface area (Å²) in [6.07, 6.45) is 4.38. The molecule has 0 aromatic heterocycles. The predicted octanol–water partition coefficient (Wildman–Crippen LogP) is 1.25. The Kier molecular flexibility index (Phi) is 5.71. The molecule has 0 spiro atoms. The van der Waals surface area contributed by atoms with Crippen molar-refractivity contribution in [2.45, 2.75) is 0 Å². The molecule has 0 saturated carbocycles. The fourth-order valence-corrected chi connectivity index (χ4v) is 1.35. The number of benzene rings is 1. The minimum atomic E-state index is -0.737. The van der Waals surface area contributed by atoms with Gasteiger partial charge in [0.1, 0.15) is 11.5 Å². The molecule has 0 radical (unpaired) electrons. The summed E-state index contributed by atoms with van der Waals surface area (Å²) in [7, 11) is 1.53. The van der Waals surface area contributed by atoms with Crippen molar-refractivity contribution < 1.29 is 14.3 Å². The Morgan fingerprint density at radius 1 is 1.25 bits per heavy atom. The Bertz CT molecular complexity index is 577. The Hall–Kier alpha value is -2.89. The van der Waals surface area contributed by atoms with Crippen LogP contribution in [0.3, 0.4) is 0 Å². The largest absolute Gasteiger partial charge is 0.495 e. The van der Waals surface area contributed by atoms with Crippen LogP contribution in [0.4, 0.5) is 5.69 Å². The Morgan fingerprint density at radius 3 is 2.55 bits per heavy atom. The van der Waals surface area contributed by atoms with Crippen molar-refractivity contribution in [3.8, 4) is 5.75 Å². The van der Waals surface area contributed by atoms with Crippen LogP contribution in [0.2, 0.25) is 0 Å². The van der Waals surface area contributed by atoms with E-state index in [2.05, 4.69) is 5.32 Å². The molecule has 4 N–H and O–H groups in total. The zero-order valence-corrected chi connectivity index (χ0v) is 10.9. The van der Waals surface area contributed by atoms with Crippen molar-refractivity contribution in [2.75, 3.05) is 12.4 Å². The molecule has 0 saturated heterocycles. The van der Waals surface area contributed by atoms with Crippen molar-refractivity contribution in [1.82, 2.24) is 0 Å². The molecule has 0 fully saturated rings. The van der Waals surface area contributed by atoms with E-state index in [1.807, 2.05) is 6.07 Å². The van der Waals surface area contributed by atoms with Crippen molar-refractivity contribution in [3.63, 3.8) is 0 Å². The van der Waals surface area contributed by atoms with Crippen molar-refractivity contribution >= 4 is 23.0 Å². The average molecular weight is 273 g/mol. The Morgan fingerprint density at radius 2 is 1.90 bits per heavy atom. The molecular weight excluding hydrogens is 258 g/mol. The van der Waals surface area contributed by atoms with Gasteiger partial charge in [-0.15, -0.1) is 0 Å². The first-order valence-electron chi connectivity index (χ1n) is 5.71. The molecule has 0 bridgehead atoms. The molecule has 20 heavy (non-hydrogen) atoms. The minimum Gasteiger partial charge on any atom is -0.495 e. The van der Waals surface area contributed by atoms with E-state index in [1.54, 1.807) is 18.2 Å². The van der Waals surface area contributed by atoms with Crippen LogP contribution < -0.4 is 15.8 Å². The number of hydrogen-bond donors (Lipinski definition) is 3. The molecule has 6 heteroatoms. The van der Waals surface area contributed by atoms with Gasteiger partial charge < -0.3 is 15.8 Å². The number of ether oxygens (including phenoxy) is 1. The number of para-hydroxylation sites is 2. The normalized spacial score (nSPS) is 10.7. The first-order valence-corrected chi connectivity index (χ1v) is 5.71. The summed E-state index contributed by atoms with van der Waals surface area (Å²) in [6.45, 7) is 0. The summed E-state index contributed by atoms with van der Waals surface area (Å²) in [4.78, 5) is 22.8. The first-order chi connectivity index (χ1) is 9.60. The van der Waals surface area contributed by atoms with E-state index < -0.39 is 17.3 Å². The van der Waals surface area contributed by atoms with Crippen LogP contribution in [-0.4, -0.2) is 24.4 Å². The smallest absolute Gasteiger partial charge is 0.208 e. The third-order valence-electron chi connectivity index (χ3n) is 2.32. The van der Waals surface area contributed by atoms with Crippen LogP contribution >= 0.6 is 0 Å². The predicted molar refractivity (Wildman–Crippen MR) is 76.8 cm³/mol. The van der Waals surface area contributed by atoms with Gasteiger partial charge in [0.15, 0.2) is 0 Å². The van der Waals surface area contributed by atoms with Crippen LogP contribution in [-0.2, 0) is 9.59 Å². The second kappa shape index (κ2) is 7.52. The highest BCUT2D eigenvalue weighted by molar-refractivity contribution is 6.69. The summed E-state index contributed by atoms with van der Waals surface area (Å²) in [5, 5.41) is 10.2. The molecule has 1 rings (SSSR count). The van der Waals surface area contributed by atoms with Gasteiger partial charge in [-0.2, -0.15) is 0 Å². The maximum atomic E-state index is 11.5. The van der Waals surface area contributed by atoms with Gasteiger partial charge in [0.05, 0.1) is 12.8 Å². The van der Waals surface area contributed by atoms with E-state index in [0.29, 0.717) is 11.4 Å². The molecule has 6 nitrogen and oxygen atoms in total. The van der Waals surface area contributed by atoms with E-state index in [9.17, 15) is 9.59 Å². The van der Waals surface area contributed by atoms with Gasteiger partial charge in [-0.3, -0.25) is 15.0 Å². The third-order valence-corrected chi connectivity index (χ3v) is 2.32. The van der Waals surface area contributed by atoms with E-state index in [-0.39, 0.29) is 0 Å². The third kappa shape index (κ3) is 4.09. The lowest BCUT2D eigenvalue weighted by molar-refractivity contribution is -0.112. The van der Waals surface area contributed by atoms with Crippen LogP contribution in [0.15, 0.2) is 48.8 Å². The van der Waals surface area contributed by atoms with Gasteiger partial charge in [-0.05, 0) is 18.3 Å². The molecule has 0 atom stereocenters. The van der Waals surface area contributed by atoms with E-state index in [1.165, 1.54) is 13.3 Å². The van der Waals surface area contributed by atoms with Gasteiger partial charge in [-0.1, -0.05) is 12.1 Å². The molecule has 0 aliphatic rings. The zero-order chi connectivity index (χ0) is 15.0. The molecule has 104 valence electrons. The highest BCUT2D eigenvalue weighted by Gasteiger charge is 2.12. The Balaban J connectivity index is 2.67. The standard InChI is InChI=1S/C14H15N3O3/c1-20-13-5-3-2-4-10(13)17-9-7-12(19)14(16)11(18)6-8-15/h2-9,16-17H,15H2,1H3/b8-6+,9-7-,16-14?. The van der Waals surface area contributed by atoms with Crippen molar-refractivity contribution in [2.24, 2.45) is 5.73 Å². The quantitative estimate of drug-likeness (QED) is 0.394. The highest BCUT2D eigenvalue weighted by Crippen LogP contribution is 2.22. The lowest BCUT2D eigenvalue weighted by Crippen LogP contribution is -2.20. The maximum Gasteiger partial charge on any atom is 0.208 e. The molecule has 0 amide bonds. The van der Waals surface area contributed by atoms with Gasteiger partial charge >= 0.3 is 0 Å². The minimum absolute atomic E-state index is 0.613. The summed E-state index contributed by atoms with van der Waals surface area (Å²) in [6, 6.07) is 7.14. The van der Waals surface area contributed by atoms with Crippen LogP contribution in [0.1, 0.15) is 0 Å². The van der Waals surface area contributed by atoms with Gasteiger partial charge in [0, 0.05) is 18.4 Å². The fourth-order valence-electron chi connectivity index (χ4n) is 1.35. The van der Waals surface area contributed by atoms with E-state index in [0.717, 1.165) is 18.4 Å². The lowest BCUT2D eigenvalue weighted by Gasteiger charge is -2.06. The number of nitrogens with one attached hydrogen (secondary N) is 2. The average Bonchev–Trinajstić information content (AvgIpc) is 2.47. The summed E-state index contributed by atoms with van der Waals surface area (Å²) >= 11 is 0. The zero-order valence-electron chi connectivity index (χ0n) is 10.9. The number of anilines is 1. The van der Waals surface area contributed by atoms with Gasteiger partial charge in [0.25, 0.3) is 0 Å². The Labute approximate surface area is 116 Å². The van der Waals surface area contributed by atoms with Gasteiger partial charge in [-0.25, -0.2) is 0 Å². The second-order valence-electron chi connectivity index (χ2n) is 3.64. The molecule has 0 aliphatic carbocycles. The summed E-state index contributed by atoms with van der Waals surface area (Å²) in [5.74, 6) is -0.836. The first kappa shape index (κ1) is 15.2. The maximum absolute atomic E-state index is 11.5. The monoisotopic (exact) mass is 273 g/mol. The number of ketones is 2. The summed E-state index contributed by atoms with van der Waals surface area (Å²) < 4.78 is 5.12. The number of hydrogen-bond acceptors (Lipinski definition) is 6. The topological polar surface area (TPSA) is 105 Å². The second-order valence-corrected chi connectivity index (χ2v) is 3.64. The van der Waals surface area contributed by atoms with E-state index >= 15 is 0 Å². The molecule has 0 heterocycles. The lowest BCUT2D eigenvalue weighted by atomic mass is 10.1. The highest BCUT2D eigenvalue weighted by atomic mass is 16.5. The fraction of sp³-hybridized carbons (Fsp3) is 0.0714. The number of nitrogens with two attached hydrogens (primary N) is 1.